The molecule has 1 aromatic rings. The van der Waals surface area contributed by atoms with Gasteiger partial charge in [-0.1, -0.05) is 12.1 Å². The Morgan fingerprint density at radius 2 is 1.67 bits per heavy atom. The van der Waals surface area contributed by atoms with Gasteiger partial charge in [-0.15, -0.1) is 0 Å². The first-order chi connectivity index (χ1) is 8.86. The van der Waals surface area contributed by atoms with E-state index in [0.717, 1.165) is 45.0 Å². The maximum atomic E-state index is 5.12. The lowest BCUT2D eigenvalue weighted by Crippen LogP contribution is -2.24. The fraction of sp³-hybridized carbons (Fsp3) is 0.571. The molecule has 18 heavy (non-hydrogen) atoms. The summed E-state index contributed by atoms with van der Waals surface area (Å²) >= 11 is 0. The second kappa shape index (κ2) is 9.88. The summed E-state index contributed by atoms with van der Waals surface area (Å²) < 4.78 is 10.1. The van der Waals surface area contributed by atoms with Gasteiger partial charge in [0.25, 0.3) is 0 Å². The molecule has 0 aliphatic rings. The van der Waals surface area contributed by atoms with Gasteiger partial charge in [-0.2, -0.15) is 0 Å². The number of nitrogens with one attached hydrogen (secondary N) is 2. The van der Waals surface area contributed by atoms with E-state index in [0.29, 0.717) is 0 Å². The Balaban J connectivity index is 2.00. The molecule has 102 valence electrons. The monoisotopic (exact) mass is 252 g/mol. The number of methoxy groups -OCH3 is 2. The first-order valence-electron chi connectivity index (χ1n) is 6.40. The van der Waals surface area contributed by atoms with Crippen molar-refractivity contribution in [3.05, 3.63) is 29.8 Å². The molecule has 4 heteroatoms. The summed E-state index contributed by atoms with van der Waals surface area (Å²) in [5.41, 5.74) is 1.28. The number of benzene rings is 1. The molecule has 0 aliphatic heterocycles. The Labute approximate surface area is 110 Å². The minimum Gasteiger partial charge on any atom is -0.497 e. The van der Waals surface area contributed by atoms with Crippen molar-refractivity contribution < 1.29 is 9.47 Å². The summed E-state index contributed by atoms with van der Waals surface area (Å²) in [6, 6.07) is 8.15. The van der Waals surface area contributed by atoms with E-state index in [1.54, 1.807) is 14.2 Å². The largest absolute Gasteiger partial charge is 0.497 e. The standard InChI is InChI=1S/C14H24N2O2/c1-17-11-10-15-8-3-9-16-12-13-4-6-14(18-2)7-5-13/h4-7,15-16H,3,8-12H2,1-2H3. The second-order valence-corrected chi connectivity index (χ2v) is 4.12. The summed E-state index contributed by atoms with van der Waals surface area (Å²) in [6.45, 7) is 4.65. The average Bonchev–Trinajstić information content (AvgIpc) is 2.42. The van der Waals surface area contributed by atoms with Crippen molar-refractivity contribution in [1.29, 1.82) is 0 Å². The third kappa shape index (κ3) is 6.59. The molecular weight excluding hydrogens is 228 g/mol. The Kier molecular flexibility index (Phi) is 8.21. The van der Waals surface area contributed by atoms with Gasteiger partial charge < -0.3 is 20.1 Å². The molecule has 4 nitrogen and oxygen atoms in total. The molecular formula is C14H24N2O2. The van der Waals surface area contributed by atoms with Crippen molar-refractivity contribution in [3.63, 3.8) is 0 Å². The van der Waals surface area contributed by atoms with Crippen molar-refractivity contribution in [2.45, 2.75) is 13.0 Å². The molecule has 0 radical (unpaired) electrons. The highest BCUT2D eigenvalue weighted by atomic mass is 16.5. The van der Waals surface area contributed by atoms with E-state index >= 15 is 0 Å². The fourth-order valence-corrected chi connectivity index (χ4v) is 1.61. The lowest BCUT2D eigenvalue weighted by atomic mass is 10.2. The average molecular weight is 252 g/mol. The molecule has 1 rings (SSSR count). The third-order valence-corrected chi connectivity index (χ3v) is 2.68. The van der Waals surface area contributed by atoms with Crippen molar-refractivity contribution in [3.8, 4) is 5.75 Å². The van der Waals surface area contributed by atoms with Crippen molar-refractivity contribution in [2.75, 3.05) is 40.5 Å². The molecule has 0 aromatic heterocycles. The van der Waals surface area contributed by atoms with E-state index in [9.17, 15) is 0 Å². The molecule has 0 heterocycles. The summed E-state index contributed by atoms with van der Waals surface area (Å²) in [4.78, 5) is 0. The van der Waals surface area contributed by atoms with Crippen molar-refractivity contribution >= 4 is 0 Å². The molecule has 2 N–H and O–H groups in total. The van der Waals surface area contributed by atoms with E-state index in [-0.39, 0.29) is 0 Å². The second-order valence-electron chi connectivity index (χ2n) is 4.12. The highest BCUT2D eigenvalue weighted by Gasteiger charge is 1.94. The van der Waals surface area contributed by atoms with Gasteiger partial charge in [0, 0.05) is 20.2 Å². The Morgan fingerprint density at radius 3 is 2.33 bits per heavy atom. The van der Waals surface area contributed by atoms with Crippen molar-refractivity contribution in [1.82, 2.24) is 10.6 Å². The lowest BCUT2D eigenvalue weighted by Gasteiger charge is -2.07. The zero-order valence-corrected chi connectivity index (χ0v) is 11.4. The Morgan fingerprint density at radius 1 is 0.944 bits per heavy atom. The zero-order chi connectivity index (χ0) is 13.1. The number of hydrogen-bond acceptors (Lipinski definition) is 4. The molecule has 0 saturated carbocycles. The fourth-order valence-electron chi connectivity index (χ4n) is 1.61. The first kappa shape index (κ1) is 15.0. The maximum Gasteiger partial charge on any atom is 0.118 e. The minimum atomic E-state index is 0.777. The predicted molar refractivity (Wildman–Crippen MR) is 74.1 cm³/mol. The van der Waals surface area contributed by atoms with Crippen molar-refractivity contribution in [2.24, 2.45) is 0 Å². The van der Waals surface area contributed by atoms with Gasteiger partial charge in [0.2, 0.25) is 0 Å². The Bertz CT molecular complexity index is 301. The van der Waals surface area contributed by atoms with Gasteiger partial charge in [0.1, 0.15) is 5.75 Å². The predicted octanol–water partition coefficient (Wildman–Crippen LogP) is 1.41. The van der Waals surface area contributed by atoms with E-state index in [4.69, 9.17) is 9.47 Å². The van der Waals surface area contributed by atoms with Crippen LogP contribution in [-0.4, -0.2) is 40.5 Å². The van der Waals surface area contributed by atoms with Crippen LogP contribution in [0.15, 0.2) is 24.3 Å². The van der Waals surface area contributed by atoms with Crippen LogP contribution in [0.4, 0.5) is 0 Å². The number of ether oxygens (including phenoxy) is 2. The van der Waals surface area contributed by atoms with Gasteiger partial charge in [-0.25, -0.2) is 0 Å². The summed E-state index contributed by atoms with van der Waals surface area (Å²) in [7, 11) is 3.40. The van der Waals surface area contributed by atoms with E-state index in [1.165, 1.54) is 5.56 Å². The number of hydrogen-bond donors (Lipinski definition) is 2. The number of rotatable bonds is 10. The molecule has 0 atom stereocenters. The van der Waals surface area contributed by atoms with E-state index in [2.05, 4.69) is 22.8 Å². The third-order valence-electron chi connectivity index (χ3n) is 2.68. The summed E-state index contributed by atoms with van der Waals surface area (Å²) in [6.07, 6.45) is 1.12. The molecule has 0 saturated heterocycles. The molecule has 0 bridgehead atoms. The normalized spacial score (nSPS) is 10.6. The van der Waals surface area contributed by atoms with Gasteiger partial charge in [-0.05, 0) is 37.2 Å². The van der Waals surface area contributed by atoms with E-state index < -0.39 is 0 Å². The summed E-state index contributed by atoms with van der Waals surface area (Å²) in [5, 5.41) is 6.74. The van der Waals surface area contributed by atoms with Crippen LogP contribution in [-0.2, 0) is 11.3 Å². The first-order valence-corrected chi connectivity index (χ1v) is 6.40. The maximum absolute atomic E-state index is 5.12. The van der Waals surface area contributed by atoms with Gasteiger partial charge in [0.15, 0.2) is 0 Å². The zero-order valence-electron chi connectivity index (χ0n) is 11.4. The summed E-state index contributed by atoms with van der Waals surface area (Å²) in [5.74, 6) is 0.904. The van der Waals surface area contributed by atoms with E-state index in [1.807, 2.05) is 12.1 Å². The highest BCUT2D eigenvalue weighted by molar-refractivity contribution is 5.26. The topological polar surface area (TPSA) is 42.5 Å². The van der Waals surface area contributed by atoms with Gasteiger partial charge in [0.05, 0.1) is 13.7 Å². The van der Waals surface area contributed by atoms with Crippen LogP contribution in [0.25, 0.3) is 0 Å². The molecule has 0 fully saturated rings. The molecule has 0 unspecified atom stereocenters. The van der Waals surface area contributed by atoms with Crippen LogP contribution in [0.1, 0.15) is 12.0 Å². The quantitative estimate of drug-likeness (QED) is 0.618. The van der Waals surface area contributed by atoms with Crippen LogP contribution in [0.5, 0.6) is 5.75 Å². The highest BCUT2D eigenvalue weighted by Crippen LogP contribution is 2.10. The van der Waals surface area contributed by atoms with Crippen LogP contribution in [0.2, 0.25) is 0 Å². The van der Waals surface area contributed by atoms with Gasteiger partial charge in [-0.3, -0.25) is 0 Å². The van der Waals surface area contributed by atoms with Crippen LogP contribution in [0.3, 0.4) is 0 Å². The van der Waals surface area contributed by atoms with Crippen LogP contribution >= 0.6 is 0 Å². The Hall–Kier alpha value is -1.10. The molecule has 0 amide bonds. The molecule has 1 aromatic carbocycles. The minimum absolute atomic E-state index is 0.777. The smallest absolute Gasteiger partial charge is 0.118 e. The van der Waals surface area contributed by atoms with Crippen LogP contribution < -0.4 is 15.4 Å². The van der Waals surface area contributed by atoms with Gasteiger partial charge >= 0.3 is 0 Å². The van der Waals surface area contributed by atoms with Crippen LogP contribution in [0, 0.1) is 0 Å². The lowest BCUT2D eigenvalue weighted by molar-refractivity contribution is 0.199. The SMILES string of the molecule is COCCNCCCNCc1ccc(OC)cc1. The molecule has 0 aliphatic carbocycles. The molecule has 0 spiro atoms.